The topological polar surface area (TPSA) is 60.8 Å². The molecule has 4 nitrogen and oxygen atoms in total. The lowest BCUT2D eigenvalue weighted by atomic mass is 9.84. The Kier molecular flexibility index (Phi) is 10.3. The van der Waals surface area contributed by atoms with Crippen molar-refractivity contribution in [3.63, 3.8) is 0 Å². The number of aliphatic carboxylic acids is 1. The number of halogens is 1. The van der Waals surface area contributed by atoms with Gasteiger partial charge in [0.1, 0.15) is 0 Å². The van der Waals surface area contributed by atoms with Crippen LogP contribution in [0.3, 0.4) is 0 Å². The van der Waals surface area contributed by atoms with Crippen LogP contribution in [0.4, 0.5) is 0 Å². The first-order chi connectivity index (χ1) is 13.0. The van der Waals surface area contributed by atoms with Crippen molar-refractivity contribution >= 4 is 18.4 Å². The van der Waals surface area contributed by atoms with Crippen LogP contribution < -0.4 is 0 Å². The molecule has 0 aromatic heterocycles. The molecule has 0 amide bonds. The van der Waals surface area contributed by atoms with E-state index in [1.54, 1.807) is 6.92 Å². The normalized spacial score (nSPS) is 15.1. The van der Waals surface area contributed by atoms with Crippen LogP contribution in [0, 0.1) is 11.8 Å². The average molecular weight is 402 g/mol. The number of aliphatic hydroxyl groups is 1. The molecular weight excluding hydrogens is 374 g/mol. The van der Waals surface area contributed by atoms with Crippen LogP contribution in [0.15, 0.2) is 60.7 Å². The molecule has 2 aromatic carbocycles. The summed E-state index contributed by atoms with van der Waals surface area (Å²) < 4.78 is 0. The number of hydrogen-bond donors (Lipinski definition) is 2. The SMILES string of the molecule is CCC(=O)O.Cl.OC1(c2ccccc2)CCN(CC#Cc2ccccc2)CC1. The van der Waals surface area contributed by atoms with Crippen LogP contribution in [0.5, 0.6) is 0 Å². The van der Waals surface area contributed by atoms with E-state index in [9.17, 15) is 9.90 Å². The molecule has 0 spiro atoms. The second kappa shape index (κ2) is 12.2. The number of rotatable bonds is 3. The molecular formula is C23H28ClNO3. The minimum atomic E-state index is -0.745. The number of nitrogens with zero attached hydrogens (tertiary/aromatic N) is 1. The maximum Gasteiger partial charge on any atom is 0.303 e. The predicted molar refractivity (Wildman–Crippen MR) is 115 cm³/mol. The molecule has 2 aromatic rings. The Morgan fingerprint density at radius 3 is 2.04 bits per heavy atom. The number of carboxylic acids is 1. The van der Waals surface area contributed by atoms with Crippen LogP contribution in [-0.2, 0) is 10.4 Å². The first-order valence-corrected chi connectivity index (χ1v) is 9.29. The van der Waals surface area contributed by atoms with E-state index in [4.69, 9.17) is 5.11 Å². The second-order valence-corrected chi connectivity index (χ2v) is 6.59. The minimum Gasteiger partial charge on any atom is -0.481 e. The third kappa shape index (κ3) is 7.74. The van der Waals surface area contributed by atoms with Gasteiger partial charge in [-0.05, 0) is 30.5 Å². The van der Waals surface area contributed by atoms with Crippen LogP contribution in [0.1, 0.15) is 37.3 Å². The molecule has 1 aliphatic rings. The number of benzene rings is 2. The monoisotopic (exact) mass is 401 g/mol. The lowest BCUT2D eigenvalue weighted by Gasteiger charge is -2.37. The fourth-order valence-corrected chi connectivity index (χ4v) is 2.89. The van der Waals surface area contributed by atoms with Gasteiger partial charge in [-0.15, -0.1) is 12.4 Å². The van der Waals surface area contributed by atoms with E-state index in [0.717, 1.165) is 43.6 Å². The first kappa shape index (κ1) is 23.7. The Hall–Kier alpha value is -2.32. The number of carbonyl (C=O) groups is 1. The summed E-state index contributed by atoms with van der Waals surface area (Å²) in [7, 11) is 0. The lowest BCUT2D eigenvalue weighted by molar-refractivity contribution is -0.136. The van der Waals surface area contributed by atoms with Gasteiger partial charge < -0.3 is 10.2 Å². The number of likely N-dealkylation sites (tertiary alicyclic amines) is 1. The highest BCUT2D eigenvalue weighted by Crippen LogP contribution is 2.32. The van der Waals surface area contributed by atoms with Gasteiger partial charge in [0, 0.05) is 25.1 Å². The lowest BCUT2D eigenvalue weighted by Crippen LogP contribution is -2.42. The third-order valence-corrected chi connectivity index (χ3v) is 4.61. The first-order valence-electron chi connectivity index (χ1n) is 9.29. The standard InChI is InChI=1S/C20H21NO.C3H6O2.ClH/c22-20(19-11-5-2-6-12-19)13-16-21(17-14-20)15-7-10-18-8-3-1-4-9-18;1-2-3(4)5;/h1-6,8-9,11-12,22H,13-17H2;2H2,1H3,(H,4,5);1H. The van der Waals surface area contributed by atoms with Gasteiger partial charge >= 0.3 is 5.97 Å². The van der Waals surface area contributed by atoms with Crippen molar-refractivity contribution < 1.29 is 15.0 Å². The molecule has 2 N–H and O–H groups in total. The Labute approximate surface area is 173 Å². The zero-order chi connectivity index (χ0) is 19.5. The summed E-state index contributed by atoms with van der Waals surface area (Å²) in [5.41, 5.74) is 1.41. The van der Waals surface area contributed by atoms with Crippen molar-refractivity contribution in [1.82, 2.24) is 4.90 Å². The van der Waals surface area contributed by atoms with Crippen LogP contribution in [0.25, 0.3) is 0 Å². The zero-order valence-corrected chi connectivity index (χ0v) is 17.0. The predicted octanol–water partition coefficient (Wildman–Crippen LogP) is 3.92. The van der Waals surface area contributed by atoms with Gasteiger partial charge in [-0.1, -0.05) is 67.3 Å². The minimum absolute atomic E-state index is 0. The van der Waals surface area contributed by atoms with Crippen molar-refractivity contribution in [1.29, 1.82) is 0 Å². The highest BCUT2D eigenvalue weighted by atomic mass is 35.5. The molecule has 0 unspecified atom stereocenters. The average Bonchev–Trinajstić information content (AvgIpc) is 2.71. The molecule has 0 aliphatic carbocycles. The number of carboxylic acid groups (broad SMARTS) is 1. The summed E-state index contributed by atoms with van der Waals surface area (Å²) in [5.74, 6) is 5.68. The second-order valence-electron chi connectivity index (χ2n) is 6.59. The summed E-state index contributed by atoms with van der Waals surface area (Å²) in [6.45, 7) is 4.13. The van der Waals surface area contributed by atoms with Gasteiger partial charge in [-0.25, -0.2) is 0 Å². The van der Waals surface area contributed by atoms with Gasteiger partial charge in [0.05, 0.1) is 12.1 Å². The molecule has 28 heavy (non-hydrogen) atoms. The van der Waals surface area contributed by atoms with Gasteiger partial charge in [0.25, 0.3) is 0 Å². The van der Waals surface area contributed by atoms with Crippen molar-refractivity contribution in [3.8, 4) is 11.8 Å². The zero-order valence-electron chi connectivity index (χ0n) is 16.2. The molecule has 1 heterocycles. The van der Waals surface area contributed by atoms with Crippen LogP contribution in [0.2, 0.25) is 0 Å². The number of piperidine rings is 1. The highest BCUT2D eigenvalue weighted by Gasteiger charge is 2.33. The molecule has 0 radical (unpaired) electrons. The molecule has 150 valence electrons. The van der Waals surface area contributed by atoms with E-state index in [1.807, 2.05) is 60.7 Å². The van der Waals surface area contributed by atoms with Gasteiger partial charge in [0.15, 0.2) is 0 Å². The van der Waals surface area contributed by atoms with Gasteiger partial charge in [-0.3, -0.25) is 9.69 Å². The van der Waals surface area contributed by atoms with Crippen LogP contribution in [-0.4, -0.2) is 40.7 Å². The Balaban J connectivity index is 0.000000584. The van der Waals surface area contributed by atoms with Crippen molar-refractivity contribution in [2.45, 2.75) is 31.8 Å². The molecule has 0 saturated carbocycles. The molecule has 3 rings (SSSR count). The molecule has 5 heteroatoms. The maximum atomic E-state index is 10.8. The van der Waals surface area contributed by atoms with Crippen molar-refractivity contribution in [2.75, 3.05) is 19.6 Å². The van der Waals surface area contributed by atoms with Gasteiger partial charge in [-0.2, -0.15) is 0 Å². The van der Waals surface area contributed by atoms with E-state index in [1.165, 1.54) is 0 Å². The summed E-state index contributed by atoms with van der Waals surface area (Å²) in [6, 6.07) is 20.1. The molecule has 1 fully saturated rings. The summed E-state index contributed by atoms with van der Waals surface area (Å²) >= 11 is 0. The van der Waals surface area contributed by atoms with E-state index >= 15 is 0 Å². The molecule has 0 bridgehead atoms. The van der Waals surface area contributed by atoms with E-state index in [0.29, 0.717) is 0 Å². The molecule has 1 saturated heterocycles. The Morgan fingerprint density at radius 2 is 1.54 bits per heavy atom. The van der Waals surface area contributed by atoms with Crippen molar-refractivity contribution in [3.05, 3.63) is 71.8 Å². The smallest absolute Gasteiger partial charge is 0.303 e. The van der Waals surface area contributed by atoms with Crippen LogP contribution >= 0.6 is 12.4 Å². The fourth-order valence-electron chi connectivity index (χ4n) is 2.89. The van der Waals surface area contributed by atoms with E-state index in [-0.39, 0.29) is 18.8 Å². The fraction of sp³-hybridized carbons (Fsp3) is 0.348. The largest absolute Gasteiger partial charge is 0.481 e. The van der Waals surface area contributed by atoms with Gasteiger partial charge in [0.2, 0.25) is 0 Å². The summed E-state index contributed by atoms with van der Waals surface area (Å²) in [5, 5.41) is 18.5. The van der Waals surface area contributed by atoms with E-state index in [2.05, 4.69) is 16.7 Å². The van der Waals surface area contributed by atoms with Crippen molar-refractivity contribution in [2.24, 2.45) is 0 Å². The summed E-state index contributed by atoms with van der Waals surface area (Å²) in [4.78, 5) is 11.7. The number of hydrogen-bond acceptors (Lipinski definition) is 3. The Morgan fingerprint density at radius 1 is 1.04 bits per heavy atom. The summed E-state index contributed by atoms with van der Waals surface area (Å²) in [6.07, 6.45) is 1.76. The molecule has 0 atom stereocenters. The quantitative estimate of drug-likeness (QED) is 0.765. The highest BCUT2D eigenvalue weighted by molar-refractivity contribution is 5.85. The third-order valence-electron chi connectivity index (χ3n) is 4.61. The maximum absolute atomic E-state index is 10.8. The Bertz CT molecular complexity index is 761. The van der Waals surface area contributed by atoms with E-state index < -0.39 is 11.6 Å². The molecule has 1 aliphatic heterocycles.